The summed E-state index contributed by atoms with van der Waals surface area (Å²) in [5.74, 6) is -1.37. The van der Waals surface area contributed by atoms with Crippen LogP contribution in [0.4, 0.5) is 10.1 Å². The van der Waals surface area contributed by atoms with Gasteiger partial charge >= 0.3 is 5.97 Å². The monoisotopic (exact) mass is 357 g/mol. The second-order valence-electron chi connectivity index (χ2n) is 5.47. The predicted octanol–water partition coefficient (Wildman–Crippen LogP) is 4.40. The lowest BCUT2D eigenvalue weighted by Crippen LogP contribution is -2.20. The summed E-state index contributed by atoms with van der Waals surface area (Å²) in [4.78, 5) is 24.3. The molecular formula is C19H16FNO3S. The molecule has 25 heavy (non-hydrogen) atoms. The van der Waals surface area contributed by atoms with Crippen LogP contribution in [0, 0.1) is 5.82 Å². The second kappa shape index (κ2) is 7.44. The fourth-order valence-corrected chi connectivity index (χ4v) is 3.27. The van der Waals surface area contributed by atoms with Gasteiger partial charge in [0.2, 0.25) is 0 Å². The normalized spacial score (nSPS) is 10.6. The third-order valence-electron chi connectivity index (χ3n) is 3.66. The number of fused-ring (bicyclic) bond motifs is 1. The Bertz CT molecular complexity index is 918. The molecule has 0 unspecified atom stereocenters. The van der Waals surface area contributed by atoms with Crippen LogP contribution in [0.1, 0.15) is 22.2 Å². The minimum absolute atomic E-state index is 0.334. The van der Waals surface area contributed by atoms with Gasteiger partial charge in [-0.1, -0.05) is 19.1 Å². The molecule has 0 radical (unpaired) electrons. The summed E-state index contributed by atoms with van der Waals surface area (Å²) in [6, 6.07) is 13.3. The number of anilines is 1. The number of amides is 1. The molecule has 1 aromatic heterocycles. The Morgan fingerprint density at radius 1 is 1.12 bits per heavy atom. The molecule has 0 aliphatic heterocycles. The highest BCUT2D eigenvalue weighted by atomic mass is 32.1. The number of nitrogens with one attached hydrogen (secondary N) is 1. The van der Waals surface area contributed by atoms with Gasteiger partial charge in [-0.25, -0.2) is 9.18 Å². The maximum atomic E-state index is 13.2. The maximum Gasteiger partial charge on any atom is 0.348 e. The lowest BCUT2D eigenvalue weighted by molar-refractivity contribution is -0.119. The average Bonchev–Trinajstić information content (AvgIpc) is 3.03. The molecule has 0 saturated carbocycles. The first-order valence-corrected chi connectivity index (χ1v) is 8.62. The number of ether oxygens (including phenoxy) is 1. The zero-order valence-corrected chi connectivity index (χ0v) is 14.4. The minimum atomic E-state index is -0.599. The summed E-state index contributed by atoms with van der Waals surface area (Å²) in [6.45, 7) is 1.67. The molecule has 0 bridgehead atoms. The molecule has 0 aliphatic carbocycles. The summed E-state index contributed by atoms with van der Waals surface area (Å²) in [5, 5.41) is 3.31. The molecule has 1 heterocycles. The smallest absolute Gasteiger partial charge is 0.348 e. The van der Waals surface area contributed by atoms with Gasteiger partial charge in [0.15, 0.2) is 6.61 Å². The van der Waals surface area contributed by atoms with Crippen LogP contribution in [0.3, 0.4) is 0 Å². The molecule has 0 saturated heterocycles. The van der Waals surface area contributed by atoms with Crippen molar-refractivity contribution in [3.8, 4) is 0 Å². The summed E-state index contributed by atoms with van der Waals surface area (Å²) in [5.41, 5.74) is 1.82. The van der Waals surface area contributed by atoms with Crippen LogP contribution in [0.2, 0.25) is 0 Å². The van der Waals surface area contributed by atoms with Crippen molar-refractivity contribution in [1.82, 2.24) is 0 Å². The van der Waals surface area contributed by atoms with Crippen LogP contribution in [0.25, 0.3) is 10.1 Å². The SMILES string of the molecule is CCc1ccc(NC(=O)COC(=O)c2cc3cc(F)ccc3s2)cc1. The minimum Gasteiger partial charge on any atom is -0.451 e. The van der Waals surface area contributed by atoms with Gasteiger partial charge in [-0.3, -0.25) is 4.79 Å². The van der Waals surface area contributed by atoms with E-state index in [0.29, 0.717) is 16.0 Å². The Hall–Kier alpha value is -2.73. The first kappa shape index (κ1) is 17.1. The maximum absolute atomic E-state index is 13.2. The Morgan fingerprint density at radius 2 is 1.88 bits per heavy atom. The molecule has 2 aromatic carbocycles. The fourth-order valence-electron chi connectivity index (χ4n) is 2.34. The molecule has 1 amide bonds. The van der Waals surface area contributed by atoms with Gasteiger partial charge in [0.05, 0.1) is 0 Å². The first-order valence-electron chi connectivity index (χ1n) is 7.80. The van der Waals surface area contributed by atoms with Gasteiger partial charge in [0.25, 0.3) is 5.91 Å². The highest BCUT2D eigenvalue weighted by Gasteiger charge is 2.14. The molecule has 4 nitrogen and oxygen atoms in total. The zero-order chi connectivity index (χ0) is 17.8. The quantitative estimate of drug-likeness (QED) is 0.689. The van der Waals surface area contributed by atoms with Crippen molar-refractivity contribution >= 4 is 39.0 Å². The van der Waals surface area contributed by atoms with E-state index in [-0.39, 0.29) is 12.4 Å². The van der Waals surface area contributed by atoms with Crippen LogP contribution in [-0.2, 0) is 16.0 Å². The van der Waals surface area contributed by atoms with Crippen LogP contribution in [0.15, 0.2) is 48.5 Å². The summed E-state index contributed by atoms with van der Waals surface area (Å²) in [6.07, 6.45) is 0.922. The topological polar surface area (TPSA) is 55.4 Å². The lowest BCUT2D eigenvalue weighted by Gasteiger charge is -2.06. The Kier molecular flexibility index (Phi) is 5.09. The van der Waals surface area contributed by atoms with Gasteiger partial charge < -0.3 is 10.1 Å². The predicted molar refractivity (Wildman–Crippen MR) is 96.5 cm³/mol. The molecule has 128 valence electrons. The number of hydrogen-bond donors (Lipinski definition) is 1. The molecule has 0 aliphatic rings. The van der Waals surface area contributed by atoms with Crippen molar-refractivity contribution in [2.45, 2.75) is 13.3 Å². The van der Waals surface area contributed by atoms with E-state index in [0.717, 1.165) is 11.1 Å². The molecule has 0 atom stereocenters. The van der Waals surface area contributed by atoms with Gasteiger partial charge in [-0.15, -0.1) is 11.3 Å². The highest BCUT2D eigenvalue weighted by molar-refractivity contribution is 7.20. The molecular weight excluding hydrogens is 341 g/mol. The number of thiophene rings is 1. The number of rotatable bonds is 5. The third-order valence-corrected chi connectivity index (χ3v) is 4.76. The van der Waals surface area contributed by atoms with Gasteiger partial charge in [-0.05, 0) is 53.8 Å². The van der Waals surface area contributed by atoms with Crippen molar-refractivity contribution in [1.29, 1.82) is 0 Å². The Balaban J connectivity index is 1.57. The average molecular weight is 357 g/mol. The van der Waals surface area contributed by atoms with Crippen LogP contribution in [-0.4, -0.2) is 18.5 Å². The fraction of sp³-hybridized carbons (Fsp3) is 0.158. The van der Waals surface area contributed by atoms with Gasteiger partial charge in [0.1, 0.15) is 10.7 Å². The lowest BCUT2D eigenvalue weighted by atomic mass is 10.1. The van der Waals surface area contributed by atoms with Crippen molar-refractivity contribution in [3.05, 3.63) is 64.8 Å². The molecule has 0 fully saturated rings. The van der Waals surface area contributed by atoms with E-state index in [1.807, 2.05) is 12.1 Å². The van der Waals surface area contributed by atoms with E-state index in [1.165, 1.54) is 29.0 Å². The van der Waals surface area contributed by atoms with Crippen LogP contribution in [0.5, 0.6) is 0 Å². The number of benzene rings is 2. The standard InChI is InChI=1S/C19H16FNO3S/c1-2-12-3-6-15(7-4-12)21-18(22)11-24-19(23)17-10-13-9-14(20)5-8-16(13)25-17/h3-10H,2,11H2,1H3,(H,21,22). The number of aryl methyl sites for hydroxylation is 1. The zero-order valence-electron chi connectivity index (χ0n) is 13.5. The van der Waals surface area contributed by atoms with E-state index in [9.17, 15) is 14.0 Å². The van der Waals surface area contributed by atoms with Gasteiger partial charge in [-0.2, -0.15) is 0 Å². The van der Waals surface area contributed by atoms with Gasteiger partial charge in [0, 0.05) is 10.4 Å². The van der Waals surface area contributed by atoms with Crippen LogP contribution < -0.4 is 5.32 Å². The highest BCUT2D eigenvalue weighted by Crippen LogP contribution is 2.26. The van der Waals surface area contributed by atoms with Crippen molar-refractivity contribution in [2.75, 3.05) is 11.9 Å². The molecule has 1 N–H and O–H groups in total. The van der Waals surface area contributed by atoms with Crippen molar-refractivity contribution in [3.63, 3.8) is 0 Å². The number of esters is 1. The molecule has 0 spiro atoms. The Morgan fingerprint density at radius 3 is 2.60 bits per heavy atom. The molecule has 3 aromatic rings. The summed E-state index contributed by atoms with van der Waals surface area (Å²) < 4.78 is 19.0. The van der Waals surface area contributed by atoms with E-state index < -0.39 is 11.9 Å². The first-order chi connectivity index (χ1) is 12.0. The van der Waals surface area contributed by atoms with Crippen molar-refractivity contribution in [2.24, 2.45) is 0 Å². The molecule has 6 heteroatoms. The second-order valence-corrected chi connectivity index (χ2v) is 6.55. The van der Waals surface area contributed by atoms with E-state index in [4.69, 9.17) is 4.74 Å². The number of carbonyl (C=O) groups is 2. The Labute approximate surface area is 148 Å². The van der Waals surface area contributed by atoms with E-state index in [1.54, 1.807) is 24.3 Å². The van der Waals surface area contributed by atoms with E-state index >= 15 is 0 Å². The molecule has 3 rings (SSSR count). The third kappa shape index (κ3) is 4.22. The van der Waals surface area contributed by atoms with Crippen LogP contribution >= 0.6 is 11.3 Å². The largest absolute Gasteiger partial charge is 0.451 e. The number of hydrogen-bond acceptors (Lipinski definition) is 4. The summed E-state index contributed by atoms with van der Waals surface area (Å²) in [7, 11) is 0. The van der Waals surface area contributed by atoms with E-state index in [2.05, 4.69) is 12.2 Å². The van der Waals surface area contributed by atoms with Crippen molar-refractivity contribution < 1.29 is 18.7 Å². The number of carbonyl (C=O) groups excluding carboxylic acids is 2. The summed E-state index contributed by atoms with van der Waals surface area (Å²) >= 11 is 1.20. The number of halogens is 1.